The molecule has 2 heterocycles. The number of carbonyl (C=O) groups excluding carboxylic acids is 1. The Balaban J connectivity index is 1.51. The number of esters is 1. The van der Waals surface area contributed by atoms with E-state index in [0.717, 1.165) is 16.8 Å². The highest BCUT2D eigenvalue weighted by molar-refractivity contribution is 8.01. The minimum atomic E-state index is -4.36. The lowest BCUT2D eigenvalue weighted by atomic mass is 10.1. The van der Waals surface area contributed by atoms with E-state index in [-0.39, 0.29) is 11.4 Å². The summed E-state index contributed by atoms with van der Waals surface area (Å²) in [5.41, 5.74) is -1.30. The molecule has 44 heavy (non-hydrogen) atoms. The van der Waals surface area contributed by atoms with Crippen LogP contribution in [0, 0.1) is 10.1 Å². The number of hydrogen-bond donors (Lipinski definition) is 2. The maximum Gasteiger partial charge on any atom is 0.459 e. The minimum absolute atomic E-state index is 0.0578. The molecule has 4 rings (SSSR count). The molecule has 2 N–H and O–H groups in total. The van der Waals surface area contributed by atoms with Gasteiger partial charge < -0.3 is 14.0 Å². The Bertz CT molecular complexity index is 1660. The normalized spacial score (nSPS) is 21.9. The molecule has 1 aliphatic heterocycles. The zero-order valence-corrected chi connectivity index (χ0v) is 25.7. The molecule has 1 aliphatic rings. The number of alkyl halides is 1. The predicted molar refractivity (Wildman–Crippen MR) is 159 cm³/mol. The summed E-state index contributed by atoms with van der Waals surface area (Å²) in [5.74, 6) is -0.634. The lowest BCUT2D eigenvalue weighted by Gasteiger charge is -2.24. The van der Waals surface area contributed by atoms with Gasteiger partial charge in [0.25, 0.3) is 11.2 Å². The van der Waals surface area contributed by atoms with Crippen molar-refractivity contribution in [1.82, 2.24) is 14.6 Å². The van der Waals surface area contributed by atoms with Crippen LogP contribution < -0.4 is 20.9 Å². The summed E-state index contributed by atoms with van der Waals surface area (Å²) in [6.07, 6.45) is -0.782. The largest absolute Gasteiger partial charge is 0.462 e. The fraction of sp³-hybridized carbons (Fsp3) is 0.370. The average Bonchev–Trinajstić information content (AvgIpc) is 3.25. The summed E-state index contributed by atoms with van der Waals surface area (Å²) in [5, 5.41) is 11.3. The van der Waals surface area contributed by atoms with Crippen LogP contribution in [0.4, 0.5) is 10.1 Å². The molecule has 2 aromatic carbocycles. The van der Waals surface area contributed by atoms with Gasteiger partial charge >= 0.3 is 19.4 Å². The topological polar surface area (TPSA) is 181 Å². The number of nitro groups is 1. The summed E-state index contributed by atoms with van der Waals surface area (Å²) in [6, 6.07) is 12.1. The molecule has 0 spiro atoms. The molecular formula is C27H30FN4O10PS. The summed E-state index contributed by atoms with van der Waals surface area (Å²) in [6.45, 7) is 5.40. The van der Waals surface area contributed by atoms with Gasteiger partial charge in [0.1, 0.15) is 17.2 Å². The molecule has 3 aromatic rings. The van der Waals surface area contributed by atoms with Crippen molar-refractivity contribution in [1.29, 1.82) is 0 Å². The first-order chi connectivity index (χ1) is 20.7. The van der Waals surface area contributed by atoms with Crippen molar-refractivity contribution < 1.29 is 37.2 Å². The van der Waals surface area contributed by atoms with Gasteiger partial charge in [-0.05, 0) is 63.1 Å². The maximum absolute atomic E-state index is 15.5. The molecule has 0 radical (unpaired) electrons. The molecule has 1 fully saturated rings. The summed E-state index contributed by atoms with van der Waals surface area (Å²) >= 11 is 0.663. The summed E-state index contributed by atoms with van der Waals surface area (Å²) in [7, 11) is -4.36. The SMILES string of the molecule is CC(C)OC(=O)[C@H](C)NP(=O)(OC[C@H]1O[C@@H](n2ccc(=O)[nH]c2=O)[C@](C)(F)S1)Oc1ccc(-c2ccc([N+](=O)[O-])cc2)cc1. The quantitative estimate of drug-likeness (QED) is 0.121. The lowest BCUT2D eigenvalue weighted by molar-refractivity contribution is -0.384. The van der Waals surface area contributed by atoms with Gasteiger partial charge in [-0.3, -0.25) is 33.8 Å². The van der Waals surface area contributed by atoms with Gasteiger partial charge in [0.05, 0.1) is 17.6 Å². The number of non-ortho nitro benzene ring substituents is 1. The molecular weight excluding hydrogens is 622 g/mol. The maximum atomic E-state index is 15.5. The number of aromatic amines is 1. The van der Waals surface area contributed by atoms with Crippen LogP contribution in [0.3, 0.4) is 0 Å². The fourth-order valence-electron chi connectivity index (χ4n) is 4.10. The second-order valence-corrected chi connectivity index (χ2v) is 13.3. The molecule has 0 saturated carbocycles. The Morgan fingerprint density at radius 3 is 2.34 bits per heavy atom. The number of nitrogens with zero attached hydrogens (tertiary/aromatic N) is 2. The van der Waals surface area contributed by atoms with Gasteiger partial charge in [-0.2, -0.15) is 5.09 Å². The molecule has 0 aliphatic carbocycles. The van der Waals surface area contributed by atoms with E-state index in [9.17, 15) is 29.1 Å². The van der Waals surface area contributed by atoms with Gasteiger partial charge in [0.2, 0.25) is 5.00 Å². The van der Waals surface area contributed by atoms with Crippen molar-refractivity contribution in [3.8, 4) is 16.9 Å². The van der Waals surface area contributed by atoms with Crippen LogP contribution in [-0.2, 0) is 23.4 Å². The van der Waals surface area contributed by atoms with Crippen LogP contribution >= 0.6 is 19.5 Å². The van der Waals surface area contributed by atoms with E-state index in [0.29, 0.717) is 22.9 Å². The third-order valence-corrected chi connectivity index (χ3v) is 8.93. The molecule has 1 aromatic heterocycles. The number of rotatable bonds is 12. The number of nitrogens with one attached hydrogen (secondary N) is 2. The number of hydrogen-bond acceptors (Lipinski definition) is 11. The number of thioether (sulfide) groups is 1. The smallest absolute Gasteiger partial charge is 0.459 e. The molecule has 14 nitrogen and oxygen atoms in total. The first kappa shape index (κ1) is 33.1. The zero-order chi connectivity index (χ0) is 32.2. The van der Waals surface area contributed by atoms with Crippen LogP contribution in [0.5, 0.6) is 5.75 Å². The van der Waals surface area contributed by atoms with Gasteiger partial charge in [0, 0.05) is 24.4 Å². The van der Waals surface area contributed by atoms with Crippen LogP contribution in [-0.4, -0.2) is 49.6 Å². The Morgan fingerprint density at radius 2 is 1.77 bits per heavy atom. The number of nitro benzene ring substituents is 1. The van der Waals surface area contributed by atoms with Crippen LogP contribution in [0.2, 0.25) is 0 Å². The molecule has 236 valence electrons. The number of ether oxygens (including phenoxy) is 2. The van der Waals surface area contributed by atoms with Crippen LogP contribution in [0.15, 0.2) is 70.4 Å². The number of aromatic nitrogens is 2. The first-order valence-electron chi connectivity index (χ1n) is 13.3. The van der Waals surface area contributed by atoms with Gasteiger partial charge in [0.15, 0.2) is 6.23 Å². The van der Waals surface area contributed by atoms with E-state index in [4.69, 9.17) is 18.5 Å². The molecule has 1 unspecified atom stereocenters. The van der Waals surface area contributed by atoms with Crippen molar-refractivity contribution in [3.05, 3.63) is 91.7 Å². The molecule has 0 amide bonds. The number of carbonyl (C=O) groups is 1. The Morgan fingerprint density at radius 1 is 1.16 bits per heavy atom. The highest BCUT2D eigenvalue weighted by Crippen LogP contribution is 2.51. The highest BCUT2D eigenvalue weighted by atomic mass is 32.2. The predicted octanol–water partition coefficient (Wildman–Crippen LogP) is 4.52. The van der Waals surface area contributed by atoms with E-state index >= 15 is 4.39 Å². The molecule has 0 bridgehead atoms. The zero-order valence-electron chi connectivity index (χ0n) is 24.0. The monoisotopic (exact) mass is 652 g/mol. The van der Waals surface area contributed by atoms with E-state index in [1.807, 2.05) is 4.98 Å². The molecule has 17 heteroatoms. The Labute approximate surface area is 254 Å². The third-order valence-electron chi connectivity index (χ3n) is 6.12. The van der Waals surface area contributed by atoms with Crippen molar-refractivity contribution >= 4 is 31.2 Å². The van der Waals surface area contributed by atoms with E-state index in [2.05, 4.69) is 5.09 Å². The average molecular weight is 653 g/mol. The van der Waals surface area contributed by atoms with Crippen LogP contribution in [0.1, 0.15) is 33.9 Å². The van der Waals surface area contributed by atoms with E-state index in [1.54, 1.807) is 38.1 Å². The summed E-state index contributed by atoms with van der Waals surface area (Å²) in [4.78, 5) is 48.6. The van der Waals surface area contributed by atoms with Gasteiger partial charge in [-0.15, -0.1) is 0 Å². The minimum Gasteiger partial charge on any atom is -0.462 e. The second kappa shape index (κ2) is 13.4. The van der Waals surface area contributed by atoms with Gasteiger partial charge in [-0.25, -0.2) is 13.8 Å². The molecule has 1 saturated heterocycles. The highest BCUT2D eigenvalue weighted by Gasteiger charge is 2.49. The Kier molecular flexibility index (Phi) is 10.1. The second-order valence-electron chi connectivity index (χ2n) is 10.1. The van der Waals surface area contributed by atoms with Crippen molar-refractivity contribution in [3.63, 3.8) is 0 Å². The van der Waals surface area contributed by atoms with E-state index in [1.165, 1.54) is 38.1 Å². The van der Waals surface area contributed by atoms with E-state index < -0.39 is 65.3 Å². The number of halogens is 1. The fourth-order valence-corrected chi connectivity index (χ4v) is 6.79. The standard InChI is InChI=1S/C27H30FN4O10PS/c1-16(2)40-24(34)17(3)30-43(38,42-21-11-7-19(8-12-21)18-5-9-20(10-6-18)32(36)37)39-15-23-41-25(27(4,28)44-23)31-14-13-22(33)29-26(31)35/h5-14,16-17,23,25H,15H2,1-4H3,(H,30,38)(H,29,33,35)/t17-,23-,25+,27+,43?/m0/s1. The van der Waals surface area contributed by atoms with Crippen molar-refractivity contribution in [2.45, 2.75) is 56.5 Å². The number of H-pyrrole nitrogens is 1. The number of benzene rings is 2. The molecule has 5 atom stereocenters. The first-order valence-corrected chi connectivity index (χ1v) is 15.7. The Hall–Kier alpha value is -3.82. The van der Waals surface area contributed by atoms with Crippen molar-refractivity contribution in [2.24, 2.45) is 0 Å². The van der Waals surface area contributed by atoms with Gasteiger partial charge in [-0.1, -0.05) is 23.9 Å². The van der Waals surface area contributed by atoms with Crippen molar-refractivity contribution in [2.75, 3.05) is 6.61 Å². The van der Waals surface area contributed by atoms with Crippen LogP contribution in [0.25, 0.3) is 11.1 Å². The summed E-state index contributed by atoms with van der Waals surface area (Å²) < 4.78 is 52.4. The lowest BCUT2D eigenvalue weighted by Crippen LogP contribution is -2.37. The third kappa shape index (κ3) is 8.21.